The number of ether oxygens (including phenoxy) is 1. The summed E-state index contributed by atoms with van der Waals surface area (Å²) in [5, 5.41) is 5.85. The third-order valence-corrected chi connectivity index (χ3v) is 8.15. The molecular formula is C24H23Cl3NO6PS. The predicted octanol–water partition coefficient (Wildman–Crippen LogP) is 7.44. The lowest BCUT2D eigenvalue weighted by Crippen LogP contribution is -2.27. The molecule has 0 aliphatic carbocycles. The number of halogens is 3. The number of esters is 1. The number of amides is 1. The fourth-order valence-corrected chi connectivity index (χ4v) is 6.19. The molecule has 0 spiro atoms. The van der Waals surface area contributed by atoms with Gasteiger partial charge in [-0.25, -0.2) is 0 Å². The van der Waals surface area contributed by atoms with E-state index in [4.69, 9.17) is 44.1 Å². The van der Waals surface area contributed by atoms with Crippen molar-refractivity contribution in [1.82, 2.24) is 5.32 Å². The molecule has 12 heteroatoms. The Hall–Kier alpha value is -1.90. The van der Waals surface area contributed by atoms with Gasteiger partial charge in [0.1, 0.15) is 0 Å². The third-order valence-electron chi connectivity index (χ3n) is 4.86. The molecule has 1 amide bonds. The monoisotopic (exact) mass is 589 g/mol. The van der Waals surface area contributed by atoms with Crippen molar-refractivity contribution < 1.29 is 28.3 Å². The van der Waals surface area contributed by atoms with Crippen LogP contribution in [-0.4, -0.2) is 23.6 Å². The van der Waals surface area contributed by atoms with E-state index in [9.17, 15) is 19.0 Å². The number of hydrogen-bond donors (Lipinski definition) is 2. The molecule has 0 saturated carbocycles. The lowest BCUT2D eigenvalue weighted by Gasteiger charge is -2.22. The Kier molecular flexibility index (Phi) is 9.28. The van der Waals surface area contributed by atoms with E-state index in [0.29, 0.717) is 26.0 Å². The van der Waals surface area contributed by atoms with E-state index in [1.165, 1.54) is 23.6 Å². The lowest BCUT2D eigenvalue weighted by atomic mass is 9.98. The zero-order valence-corrected chi connectivity index (χ0v) is 23.4. The smallest absolute Gasteiger partial charge is 0.347 e. The van der Waals surface area contributed by atoms with Crippen LogP contribution in [-0.2, 0) is 23.4 Å². The Labute approximate surface area is 227 Å². The molecule has 0 saturated heterocycles. The summed E-state index contributed by atoms with van der Waals surface area (Å²) in [6.45, 7) is 4.09. The first-order valence-electron chi connectivity index (χ1n) is 10.5. The van der Waals surface area contributed by atoms with Gasteiger partial charge in [0, 0.05) is 26.0 Å². The summed E-state index contributed by atoms with van der Waals surface area (Å²) in [6.07, 6.45) is 2.84. The van der Waals surface area contributed by atoms with Gasteiger partial charge in [-0.1, -0.05) is 34.8 Å². The van der Waals surface area contributed by atoms with Gasteiger partial charge < -0.3 is 14.9 Å². The van der Waals surface area contributed by atoms with Crippen molar-refractivity contribution in [3.63, 3.8) is 0 Å². The molecule has 1 aromatic heterocycles. The highest BCUT2D eigenvalue weighted by Crippen LogP contribution is 2.58. The lowest BCUT2D eigenvalue weighted by molar-refractivity contribution is -0.159. The number of thiophene rings is 1. The van der Waals surface area contributed by atoms with Crippen molar-refractivity contribution in [2.75, 3.05) is 6.79 Å². The maximum Gasteiger partial charge on any atom is 0.347 e. The molecule has 2 unspecified atom stereocenters. The van der Waals surface area contributed by atoms with Crippen LogP contribution in [0.25, 0.3) is 16.2 Å². The summed E-state index contributed by atoms with van der Waals surface area (Å²) in [6, 6.07) is 9.86. The summed E-state index contributed by atoms with van der Waals surface area (Å²) in [5.74, 6) is -1.44. The van der Waals surface area contributed by atoms with Crippen LogP contribution in [0.4, 0.5) is 0 Å². The minimum atomic E-state index is -4.71. The van der Waals surface area contributed by atoms with Crippen LogP contribution >= 0.6 is 53.7 Å². The Bertz CT molecular complexity index is 1350. The van der Waals surface area contributed by atoms with Crippen molar-refractivity contribution in [3.8, 4) is 0 Å². The van der Waals surface area contributed by atoms with Crippen LogP contribution in [0.5, 0.6) is 0 Å². The summed E-state index contributed by atoms with van der Waals surface area (Å²) in [4.78, 5) is 36.1. The fourth-order valence-electron chi connectivity index (χ4n) is 3.11. The minimum absolute atomic E-state index is 0.252. The van der Waals surface area contributed by atoms with Gasteiger partial charge in [-0.2, -0.15) is 0 Å². The highest BCUT2D eigenvalue weighted by molar-refractivity contribution is 7.54. The zero-order valence-electron chi connectivity index (χ0n) is 19.5. The number of nitrogens with one attached hydrogen (secondary N) is 1. The molecule has 0 radical (unpaired) electrons. The first-order valence-corrected chi connectivity index (χ1v) is 14.2. The Morgan fingerprint density at radius 2 is 1.78 bits per heavy atom. The fraction of sp³-hybridized carbons (Fsp3) is 0.250. The first kappa shape index (κ1) is 28.7. The van der Waals surface area contributed by atoms with Crippen molar-refractivity contribution in [2.45, 2.75) is 26.4 Å². The molecule has 7 nitrogen and oxygen atoms in total. The molecular weight excluding hydrogens is 568 g/mol. The van der Waals surface area contributed by atoms with E-state index in [0.717, 1.165) is 4.70 Å². The summed E-state index contributed by atoms with van der Waals surface area (Å²) in [7, 11) is -4.71. The molecule has 0 bridgehead atoms. The van der Waals surface area contributed by atoms with Gasteiger partial charge in [0.25, 0.3) is 0 Å². The van der Waals surface area contributed by atoms with Gasteiger partial charge in [-0.05, 0) is 85.1 Å². The van der Waals surface area contributed by atoms with E-state index in [2.05, 4.69) is 5.32 Å². The number of fused-ring (bicyclic) bond motifs is 1. The Morgan fingerprint density at radius 3 is 2.42 bits per heavy atom. The van der Waals surface area contributed by atoms with E-state index < -0.39 is 37.3 Å². The van der Waals surface area contributed by atoms with Gasteiger partial charge in [-0.15, -0.1) is 11.3 Å². The number of carbonyl (C=O) groups excluding carboxylic acids is 2. The van der Waals surface area contributed by atoms with Crippen LogP contribution < -0.4 is 5.32 Å². The van der Waals surface area contributed by atoms with Gasteiger partial charge in [-0.3, -0.25) is 18.7 Å². The molecule has 0 aliphatic heterocycles. The van der Waals surface area contributed by atoms with Crippen molar-refractivity contribution >= 4 is 81.8 Å². The molecule has 0 aliphatic rings. The number of benzene rings is 2. The maximum atomic E-state index is 13.3. The topological polar surface area (TPSA) is 102 Å². The van der Waals surface area contributed by atoms with Crippen LogP contribution in [0.2, 0.25) is 15.1 Å². The summed E-state index contributed by atoms with van der Waals surface area (Å²) >= 11 is 19.4. The molecule has 3 rings (SSSR count). The average molecular weight is 591 g/mol. The molecule has 2 N–H and O–H groups in total. The molecule has 2 atom stereocenters. The number of carbonyl (C=O) groups is 2. The quantitative estimate of drug-likeness (QED) is 0.161. The van der Waals surface area contributed by atoms with Gasteiger partial charge >= 0.3 is 13.6 Å². The molecule has 3 aromatic rings. The Balaban J connectivity index is 1.90. The van der Waals surface area contributed by atoms with E-state index in [1.54, 1.807) is 62.5 Å². The first-order chi connectivity index (χ1) is 16.8. The predicted molar refractivity (Wildman–Crippen MR) is 145 cm³/mol. The largest absolute Gasteiger partial charge is 0.438 e. The van der Waals surface area contributed by atoms with Gasteiger partial charge in [0.05, 0.1) is 5.41 Å². The minimum Gasteiger partial charge on any atom is -0.438 e. The molecule has 2 aromatic carbocycles. The second-order valence-corrected chi connectivity index (χ2v) is 12.9. The number of rotatable bonds is 8. The molecule has 36 heavy (non-hydrogen) atoms. The van der Waals surface area contributed by atoms with E-state index in [-0.39, 0.29) is 5.56 Å². The van der Waals surface area contributed by atoms with Crippen LogP contribution in [0.1, 0.15) is 37.6 Å². The molecule has 192 valence electrons. The van der Waals surface area contributed by atoms with Crippen LogP contribution in [0, 0.1) is 5.41 Å². The van der Waals surface area contributed by atoms with E-state index in [1.807, 2.05) is 0 Å². The van der Waals surface area contributed by atoms with Crippen molar-refractivity contribution in [3.05, 3.63) is 74.2 Å². The van der Waals surface area contributed by atoms with Gasteiger partial charge in [0.2, 0.25) is 12.7 Å². The second-order valence-electron chi connectivity index (χ2n) is 8.77. The van der Waals surface area contributed by atoms with Crippen LogP contribution in [0.15, 0.2) is 48.0 Å². The molecule has 1 heterocycles. The second kappa shape index (κ2) is 11.7. The van der Waals surface area contributed by atoms with Crippen molar-refractivity contribution in [2.24, 2.45) is 5.41 Å². The number of hydrogen-bond acceptors (Lipinski definition) is 6. The standard InChI is InChI=1S/C24H23Cl3NO6PS/c1-24(2,3)23(30)33-13-34-35(31,32)21(19-12-36-20-5-4-15(25)11-18(19)20)22(29)28-7-6-14-8-16(26)10-17(27)9-14/h4-12,21H,13H2,1-3H3,(H,28,29)(H,31,32). The molecule has 0 fully saturated rings. The summed E-state index contributed by atoms with van der Waals surface area (Å²) < 4.78 is 24.2. The normalized spacial score (nSPS) is 14.5. The third kappa shape index (κ3) is 7.33. The highest BCUT2D eigenvalue weighted by Gasteiger charge is 2.42. The SMILES string of the molecule is CC(C)(C)C(=O)OCOP(=O)(O)C(C(=O)NC=Cc1cc(Cl)cc(Cl)c1)c1csc2ccc(Cl)cc12. The average Bonchev–Trinajstić information content (AvgIpc) is 3.14. The highest BCUT2D eigenvalue weighted by atomic mass is 35.5. The van der Waals surface area contributed by atoms with Crippen LogP contribution in [0.3, 0.4) is 0 Å². The van der Waals surface area contributed by atoms with Gasteiger partial charge in [0.15, 0.2) is 5.66 Å². The maximum absolute atomic E-state index is 13.3. The Morgan fingerprint density at radius 1 is 1.11 bits per heavy atom. The summed E-state index contributed by atoms with van der Waals surface area (Å²) in [5.41, 5.74) is -1.61. The zero-order chi connectivity index (χ0) is 26.7. The van der Waals surface area contributed by atoms with E-state index >= 15 is 0 Å². The van der Waals surface area contributed by atoms with Crippen molar-refractivity contribution in [1.29, 1.82) is 0 Å².